The minimum absolute atomic E-state index is 0.171. The van der Waals surface area contributed by atoms with Gasteiger partial charge in [0.05, 0.1) is 12.1 Å². The molecule has 0 aliphatic carbocycles. The molecule has 0 aliphatic rings. The molecule has 2 rings (SSSR count). The number of carbonyl (C=O) groups is 1. The van der Waals surface area contributed by atoms with Crippen molar-refractivity contribution < 1.29 is 4.79 Å². The molecule has 0 radical (unpaired) electrons. The van der Waals surface area contributed by atoms with Gasteiger partial charge in [0.1, 0.15) is 5.78 Å². The van der Waals surface area contributed by atoms with E-state index in [0.717, 1.165) is 16.8 Å². The van der Waals surface area contributed by atoms with E-state index >= 15 is 0 Å². The number of rotatable bonds is 4. The number of benzene rings is 1. The predicted octanol–water partition coefficient (Wildman–Crippen LogP) is 1.79. The zero-order valence-corrected chi connectivity index (χ0v) is 11.0. The van der Waals surface area contributed by atoms with Crippen LogP contribution in [0.3, 0.4) is 0 Å². The van der Waals surface area contributed by atoms with Crippen LogP contribution in [0.25, 0.3) is 0 Å². The molecule has 4 nitrogen and oxygen atoms in total. The number of Topliss-reactive ketones (excluding diaryl/α,β-unsaturated/α-hetero) is 1. The third kappa shape index (κ3) is 3.03. The Kier molecular flexibility index (Phi) is 3.55. The fourth-order valence-electron chi connectivity index (χ4n) is 1.94. The van der Waals surface area contributed by atoms with Crippen LogP contribution in [0.4, 0.5) is 0 Å². The first kappa shape index (κ1) is 12.5. The van der Waals surface area contributed by atoms with E-state index in [1.54, 1.807) is 17.9 Å². The molecule has 0 N–H and O–H groups in total. The number of hydrogen-bond acceptors (Lipinski definition) is 3. The topological polar surface area (TPSA) is 47.8 Å². The second-order valence-electron chi connectivity index (χ2n) is 4.71. The van der Waals surface area contributed by atoms with E-state index in [4.69, 9.17) is 0 Å². The quantitative estimate of drug-likeness (QED) is 0.822. The number of aryl methyl sites for hydroxylation is 3. The highest BCUT2D eigenvalue weighted by Gasteiger charge is 2.09. The molecule has 0 bridgehead atoms. The van der Waals surface area contributed by atoms with Crippen LogP contribution in [0.2, 0.25) is 0 Å². The van der Waals surface area contributed by atoms with E-state index in [1.807, 2.05) is 13.8 Å². The summed E-state index contributed by atoms with van der Waals surface area (Å²) < 4.78 is 1.61. The Morgan fingerprint density at radius 1 is 1.28 bits per heavy atom. The van der Waals surface area contributed by atoms with Gasteiger partial charge in [0.2, 0.25) is 0 Å². The lowest BCUT2D eigenvalue weighted by atomic mass is 9.99. The lowest BCUT2D eigenvalue weighted by Crippen LogP contribution is -2.08. The molecule has 0 saturated carbocycles. The Labute approximate surface area is 107 Å². The van der Waals surface area contributed by atoms with E-state index in [1.165, 1.54) is 5.56 Å². The first-order valence-electron chi connectivity index (χ1n) is 5.97. The number of aromatic nitrogens is 3. The highest BCUT2D eigenvalue weighted by molar-refractivity contribution is 5.83. The van der Waals surface area contributed by atoms with Crippen LogP contribution >= 0.6 is 0 Å². The molecule has 4 heteroatoms. The van der Waals surface area contributed by atoms with E-state index in [2.05, 4.69) is 28.5 Å². The Morgan fingerprint density at radius 2 is 2.06 bits per heavy atom. The molecule has 0 atom stereocenters. The minimum Gasteiger partial charge on any atom is -0.299 e. The van der Waals surface area contributed by atoms with Gasteiger partial charge in [0.25, 0.3) is 0 Å². The molecular formula is C14H17N3O. The van der Waals surface area contributed by atoms with Crippen molar-refractivity contribution in [1.29, 1.82) is 0 Å². The number of ketones is 1. The summed E-state index contributed by atoms with van der Waals surface area (Å²) in [6, 6.07) is 6.19. The molecule has 1 aromatic carbocycles. The van der Waals surface area contributed by atoms with Crippen LogP contribution in [0, 0.1) is 13.8 Å². The Morgan fingerprint density at radius 3 is 2.72 bits per heavy atom. The van der Waals surface area contributed by atoms with Crippen molar-refractivity contribution in [1.82, 2.24) is 15.0 Å². The highest BCUT2D eigenvalue weighted by Crippen LogP contribution is 2.12. The zero-order chi connectivity index (χ0) is 13.1. The molecule has 1 heterocycles. The molecule has 1 aromatic heterocycles. The van der Waals surface area contributed by atoms with Gasteiger partial charge in [-0.3, -0.25) is 9.48 Å². The summed E-state index contributed by atoms with van der Waals surface area (Å²) in [7, 11) is 1.80. The monoisotopic (exact) mass is 243 g/mol. The van der Waals surface area contributed by atoms with Gasteiger partial charge in [-0.05, 0) is 25.0 Å². The van der Waals surface area contributed by atoms with Crippen molar-refractivity contribution in [2.24, 2.45) is 7.05 Å². The van der Waals surface area contributed by atoms with E-state index in [9.17, 15) is 4.79 Å². The normalized spacial score (nSPS) is 10.6. The SMILES string of the molecule is Cc1ccc(C)c(CC(=O)Cc2cn(C)nn2)c1. The highest BCUT2D eigenvalue weighted by atomic mass is 16.1. The molecule has 0 amide bonds. The summed E-state index contributed by atoms with van der Waals surface area (Å²) in [5.41, 5.74) is 4.17. The fourth-order valence-corrected chi connectivity index (χ4v) is 1.94. The van der Waals surface area contributed by atoms with Gasteiger partial charge >= 0.3 is 0 Å². The van der Waals surface area contributed by atoms with Crippen molar-refractivity contribution in [2.45, 2.75) is 26.7 Å². The fraction of sp³-hybridized carbons (Fsp3) is 0.357. The number of nitrogens with zero attached hydrogens (tertiary/aromatic N) is 3. The third-order valence-electron chi connectivity index (χ3n) is 2.92. The Balaban J connectivity index is 2.05. The minimum atomic E-state index is 0.171. The summed E-state index contributed by atoms with van der Waals surface area (Å²) >= 11 is 0. The summed E-state index contributed by atoms with van der Waals surface area (Å²) in [5, 5.41) is 7.75. The van der Waals surface area contributed by atoms with Gasteiger partial charge in [-0.25, -0.2) is 0 Å². The molecule has 94 valence electrons. The van der Waals surface area contributed by atoms with Crippen LogP contribution in [-0.2, 0) is 24.7 Å². The molecule has 0 unspecified atom stereocenters. The molecule has 0 spiro atoms. The average molecular weight is 243 g/mol. The zero-order valence-electron chi connectivity index (χ0n) is 11.0. The van der Waals surface area contributed by atoms with E-state index in [-0.39, 0.29) is 5.78 Å². The predicted molar refractivity (Wildman–Crippen MR) is 69.3 cm³/mol. The smallest absolute Gasteiger partial charge is 0.143 e. The van der Waals surface area contributed by atoms with Crippen molar-refractivity contribution in [3.8, 4) is 0 Å². The van der Waals surface area contributed by atoms with Gasteiger partial charge in [-0.15, -0.1) is 5.10 Å². The van der Waals surface area contributed by atoms with E-state index in [0.29, 0.717) is 12.8 Å². The van der Waals surface area contributed by atoms with Gasteiger partial charge in [0.15, 0.2) is 0 Å². The molecule has 0 fully saturated rings. The second-order valence-corrected chi connectivity index (χ2v) is 4.71. The molecule has 0 aliphatic heterocycles. The largest absolute Gasteiger partial charge is 0.299 e. The lowest BCUT2D eigenvalue weighted by Gasteiger charge is -2.05. The van der Waals surface area contributed by atoms with Crippen LogP contribution in [-0.4, -0.2) is 20.8 Å². The van der Waals surface area contributed by atoms with Crippen molar-refractivity contribution >= 4 is 5.78 Å². The van der Waals surface area contributed by atoms with Gasteiger partial charge < -0.3 is 0 Å². The maximum Gasteiger partial charge on any atom is 0.143 e. The molecular weight excluding hydrogens is 226 g/mol. The molecule has 18 heavy (non-hydrogen) atoms. The first-order chi connectivity index (χ1) is 8.54. The van der Waals surface area contributed by atoms with Gasteiger partial charge in [-0.1, -0.05) is 29.0 Å². The van der Waals surface area contributed by atoms with Crippen LogP contribution in [0.1, 0.15) is 22.4 Å². The van der Waals surface area contributed by atoms with Crippen molar-refractivity contribution in [2.75, 3.05) is 0 Å². The third-order valence-corrected chi connectivity index (χ3v) is 2.92. The van der Waals surface area contributed by atoms with Crippen LogP contribution < -0.4 is 0 Å². The number of hydrogen-bond donors (Lipinski definition) is 0. The molecule has 2 aromatic rings. The standard InChI is InChI=1S/C14H17N3O/c1-10-4-5-11(2)12(6-10)7-14(18)8-13-9-17(3)16-15-13/h4-6,9H,7-8H2,1-3H3. The van der Waals surface area contributed by atoms with Crippen molar-refractivity contribution in [3.05, 3.63) is 46.8 Å². The number of carbonyl (C=O) groups excluding carboxylic acids is 1. The Hall–Kier alpha value is -1.97. The Bertz CT molecular complexity index is 572. The maximum absolute atomic E-state index is 12.0. The molecule has 0 saturated heterocycles. The summed E-state index contributed by atoms with van der Waals surface area (Å²) in [6.07, 6.45) is 2.59. The van der Waals surface area contributed by atoms with Gasteiger partial charge in [0, 0.05) is 19.7 Å². The van der Waals surface area contributed by atoms with Gasteiger partial charge in [-0.2, -0.15) is 0 Å². The first-order valence-corrected chi connectivity index (χ1v) is 5.97. The maximum atomic E-state index is 12.0. The summed E-state index contributed by atoms with van der Waals surface area (Å²) in [6.45, 7) is 4.07. The lowest BCUT2D eigenvalue weighted by molar-refractivity contribution is -0.117. The average Bonchev–Trinajstić information content (AvgIpc) is 2.69. The second kappa shape index (κ2) is 5.12. The summed E-state index contributed by atoms with van der Waals surface area (Å²) in [4.78, 5) is 12.0. The summed E-state index contributed by atoms with van der Waals surface area (Å²) in [5.74, 6) is 0.171. The van der Waals surface area contributed by atoms with Crippen molar-refractivity contribution in [3.63, 3.8) is 0 Å². The van der Waals surface area contributed by atoms with Crippen LogP contribution in [0.5, 0.6) is 0 Å². The van der Waals surface area contributed by atoms with Crippen LogP contribution in [0.15, 0.2) is 24.4 Å². The van der Waals surface area contributed by atoms with E-state index < -0.39 is 0 Å².